The van der Waals surface area contributed by atoms with Crippen molar-refractivity contribution in [2.24, 2.45) is 5.92 Å². The Hall–Kier alpha value is 0.310. The molecule has 0 aromatic rings. The number of hydrogen-bond acceptors (Lipinski definition) is 2. The van der Waals surface area contributed by atoms with E-state index in [4.69, 9.17) is 0 Å². The van der Waals surface area contributed by atoms with Gasteiger partial charge < -0.3 is 4.90 Å². The number of hydrogen-bond donors (Lipinski definition) is 1. The van der Waals surface area contributed by atoms with Crippen molar-refractivity contribution >= 4 is 12.6 Å². The molecule has 1 fully saturated rings. The van der Waals surface area contributed by atoms with E-state index in [-0.39, 0.29) is 0 Å². The molecule has 1 heterocycles. The zero-order valence-corrected chi connectivity index (χ0v) is 6.19. The lowest BCUT2D eigenvalue weighted by Gasteiger charge is -2.05. The van der Waals surface area contributed by atoms with E-state index in [1.54, 1.807) is 0 Å². The summed E-state index contributed by atoms with van der Waals surface area (Å²) in [5.41, 5.74) is 0. The van der Waals surface area contributed by atoms with E-state index in [1.165, 1.54) is 19.5 Å². The Balaban J connectivity index is 2.22. The summed E-state index contributed by atoms with van der Waals surface area (Å²) in [7, 11) is 2.17. The van der Waals surface area contributed by atoms with Gasteiger partial charge in [0.25, 0.3) is 0 Å². The average molecular weight is 131 g/mol. The summed E-state index contributed by atoms with van der Waals surface area (Å²) in [6.45, 7) is 2.52. The summed E-state index contributed by atoms with van der Waals surface area (Å²) in [5.74, 6) is 1.92. The minimum Gasteiger partial charge on any atom is -0.306 e. The molecule has 0 spiro atoms. The van der Waals surface area contributed by atoms with E-state index in [1.807, 2.05) is 0 Å². The van der Waals surface area contributed by atoms with Gasteiger partial charge in [0, 0.05) is 6.54 Å². The minimum atomic E-state index is 0.864. The second-order valence-corrected chi connectivity index (χ2v) is 2.96. The molecule has 48 valence electrons. The molecule has 0 aliphatic carbocycles. The van der Waals surface area contributed by atoms with E-state index in [2.05, 4.69) is 24.6 Å². The Morgan fingerprint density at radius 2 is 2.50 bits per heavy atom. The van der Waals surface area contributed by atoms with Crippen molar-refractivity contribution in [1.82, 2.24) is 4.90 Å². The maximum absolute atomic E-state index is 4.23. The van der Waals surface area contributed by atoms with E-state index in [9.17, 15) is 0 Å². The molecular formula is C6H13NS. The highest BCUT2D eigenvalue weighted by molar-refractivity contribution is 7.80. The molecule has 0 aromatic carbocycles. The third-order valence-electron chi connectivity index (χ3n) is 1.75. The van der Waals surface area contributed by atoms with Crippen molar-refractivity contribution in [1.29, 1.82) is 0 Å². The molecule has 0 radical (unpaired) electrons. The zero-order chi connectivity index (χ0) is 5.98. The van der Waals surface area contributed by atoms with Crippen LogP contribution in [-0.2, 0) is 0 Å². The highest BCUT2D eigenvalue weighted by Gasteiger charge is 2.16. The number of likely N-dealkylation sites (tertiary alicyclic amines) is 1. The summed E-state index contributed by atoms with van der Waals surface area (Å²) < 4.78 is 0. The van der Waals surface area contributed by atoms with Gasteiger partial charge in [-0.25, -0.2) is 0 Å². The van der Waals surface area contributed by atoms with Crippen LogP contribution in [0.2, 0.25) is 0 Å². The Kier molecular flexibility index (Phi) is 2.20. The van der Waals surface area contributed by atoms with Crippen LogP contribution in [-0.4, -0.2) is 30.8 Å². The van der Waals surface area contributed by atoms with Crippen LogP contribution in [0.15, 0.2) is 0 Å². The molecule has 1 saturated heterocycles. The average Bonchev–Trinajstić information content (AvgIpc) is 2.14. The highest BCUT2D eigenvalue weighted by atomic mass is 32.1. The molecule has 1 atom stereocenters. The predicted molar refractivity (Wildman–Crippen MR) is 39.5 cm³/mol. The maximum atomic E-state index is 4.23. The molecule has 0 saturated carbocycles. The van der Waals surface area contributed by atoms with Crippen LogP contribution in [0.25, 0.3) is 0 Å². The van der Waals surface area contributed by atoms with Gasteiger partial charge in [-0.1, -0.05) is 0 Å². The lowest BCUT2D eigenvalue weighted by molar-refractivity contribution is 0.403. The fourth-order valence-electron chi connectivity index (χ4n) is 1.18. The SMILES string of the molecule is CN1CC[C@H](CS)C1. The number of thiol groups is 1. The van der Waals surface area contributed by atoms with Crippen molar-refractivity contribution in [2.45, 2.75) is 6.42 Å². The molecule has 1 aliphatic heterocycles. The van der Waals surface area contributed by atoms with Crippen LogP contribution in [0.5, 0.6) is 0 Å². The lowest BCUT2D eigenvalue weighted by Crippen LogP contribution is -2.14. The van der Waals surface area contributed by atoms with Gasteiger partial charge in [-0.05, 0) is 31.7 Å². The van der Waals surface area contributed by atoms with Crippen LogP contribution in [0.1, 0.15) is 6.42 Å². The first-order valence-electron chi connectivity index (χ1n) is 3.12. The first-order chi connectivity index (χ1) is 3.83. The molecule has 8 heavy (non-hydrogen) atoms. The van der Waals surface area contributed by atoms with Gasteiger partial charge in [0.1, 0.15) is 0 Å². The molecule has 1 aliphatic rings. The fraction of sp³-hybridized carbons (Fsp3) is 1.00. The molecule has 0 amide bonds. The zero-order valence-electron chi connectivity index (χ0n) is 5.30. The van der Waals surface area contributed by atoms with Gasteiger partial charge >= 0.3 is 0 Å². The highest BCUT2D eigenvalue weighted by Crippen LogP contribution is 2.14. The first-order valence-corrected chi connectivity index (χ1v) is 3.75. The van der Waals surface area contributed by atoms with E-state index in [0.717, 1.165) is 11.7 Å². The third-order valence-corrected chi connectivity index (χ3v) is 2.26. The van der Waals surface area contributed by atoms with Crippen LogP contribution >= 0.6 is 12.6 Å². The Labute approximate surface area is 56.5 Å². The summed E-state index contributed by atoms with van der Waals surface area (Å²) >= 11 is 4.23. The third kappa shape index (κ3) is 1.39. The molecule has 0 unspecified atom stereocenters. The normalized spacial score (nSPS) is 31.5. The fourth-order valence-corrected chi connectivity index (χ4v) is 1.47. The second kappa shape index (κ2) is 2.74. The van der Waals surface area contributed by atoms with E-state index < -0.39 is 0 Å². The van der Waals surface area contributed by atoms with Crippen molar-refractivity contribution in [3.63, 3.8) is 0 Å². The Morgan fingerprint density at radius 3 is 2.75 bits per heavy atom. The molecule has 0 N–H and O–H groups in total. The molecule has 2 heteroatoms. The van der Waals surface area contributed by atoms with Crippen molar-refractivity contribution in [3.05, 3.63) is 0 Å². The van der Waals surface area contributed by atoms with E-state index >= 15 is 0 Å². The molecule has 0 aromatic heterocycles. The van der Waals surface area contributed by atoms with Crippen LogP contribution in [0.3, 0.4) is 0 Å². The largest absolute Gasteiger partial charge is 0.306 e. The first kappa shape index (κ1) is 6.43. The summed E-state index contributed by atoms with van der Waals surface area (Å²) in [6, 6.07) is 0. The monoisotopic (exact) mass is 131 g/mol. The summed E-state index contributed by atoms with van der Waals surface area (Å²) in [5, 5.41) is 0. The number of rotatable bonds is 1. The van der Waals surface area contributed by atoms with Crippen molar-refractivity contribution in [2.75, 3.05) is 25.9 Å². The lowest BCUT2D eigenvalue weighted by atomic mass is 10.2. The van der Waals surface area contributed by atoms with E-state index in [0.29, 0.717) is 0 Å². The predicted octanol–water partition coefficient (Wildman–Crippen LogP) is 0.868. The number of nitrogens with zero attached hydrogens (tertiary/aromatic N) is 1. The van der Waals surface area contributed by atoms with Gasteiger partial charge in [-0.3, -0.25) is 0 Å². The maximum Gasteiger partial charge on any atom is 0.00149 e. The standard InChI is InChI=1S/C6H13NS/c1-7-3-2-6(4-7)5-8/h6,8H,2-5H2,1H3/t6-/m0/s1. The van der Waals surface area contributed by atoms with Gasteiger partial charge in [0.05, 0.1) is 0 Å². The quantitative estimate of drug-likeness (QED) is 0.517. The summed E-state index contributed by atoms with van der Waals surface area (Å²) in [6.07, 6.45) is 1.35. The van der Waals surface area contributed by atoms with Crippen molar-refractivity contribution < 1.29 is 0 Å². The van der Waals surface area contributed by atoms with Gasteiger partial charge in [0.2, 0.25) is 0 Å². The van der Waals surface area contributed by atoms with Crippen LogP contribution in [0.4, 0.5) is 0 Å². The topological polar surface area (TPSA) is 3.24 Å². The summed E-state index contributed by atoms with van der Waals surface area (Å²) in [4.78, 5) is 2.36. The molecule has 1 rings (SSSR count). The van der Waals surface area contributed by atoms with Gasteiger partial charge in [0.15, 0.2) is 0 Å². The Morgan fingerprint density at radius 1 is 1.75 bits per heavy atom. The van der Waals surface area contributed by atoms with Gasteiger partial charge in [-0.15, -0.1) is 0 Å². The Bertz CT molecular complexity index is 74.9. The smallest absolute Gasteiger partial charge is 0.00149 e. The van der Waals surface area contributed by atoms with Crippen LogP contribution < -0.4 is 0 Å². The van der Waals surface area contributed by atoms with Crippen LogP contribution in [0, 0.1) is 5.92 Å². The molecule has 1 nitrogen and oxygen atoms in total. The van der Waals surface area contributed by atoms with Gasteiger partial charge in [-0.2, -0.15) is 12.6 Å². The molecular weight excluding hydrogens is 118 g/mol. The molecule has 0 bridgehead atoms. The van der Waals surface area contributed by atoms with Crippen molar-refractivity contribution in [3.8, 4) is 0 Å². The second-order valence-electron chi connectivity index (χ2n) is 2.60. The minimum absolute atomic E-state index is 0.864.